The van der Waals surface area contributed by atoms with Crippen molar-refractivity contribution in [1.82, 2.24) is 15.1 Å². The summed E-state index contributed by atoms with van der Waals surface area (Å²) in [5.74, 6) is 0. The number of nitrogens with one attached hydrogen (secondary N) is 1. The van der Waals surface area contributed by atoms with Gasteiger partial charge >= 0.3 is 0 Å². The summed E-state index contributed by atoms with van der Waals surface area (Å²) in [4.78, 5) is 0. The van der Waals surface area contributed by atoms with E-state index in [0.29, 0.717) is 0 Å². The van der Waals surface area contributed by atoms with Crippen molar-refractivity contribution in [2.45, 2.75) is 19.9 Å². The molecule has 0 aliphatic rings. The predicted octanol–water partition coefficient (Wildman–Crippen LogP) is 3.24. The zero-order valence-electron chi connectivity index (χ0n) is 12.4. The Kier molecular flexibility index (Phi) is 4.31. The monoisotopic (exact) mass is 279 g/mol. The molecule has 108 valence electrons. The normalized spacial score (nSPS) is 11.1. The van der Waals surface area contributed by atoms with Crippen LogP contribution >= 0.6 is 0 Å². The van der Waals surface area contributed by atoms with E-state index in [1.54, 1.807) is 0 Å². The van der Waals surface area contributed by atoms with Gasteiger partial charge in [0.15, 0.2) is 0 Å². The highest BCUT2D eigenvalue weighted by molar-refractivity contribution is 5.78. The maximum atomic E-state index is 4.53. The highest BCUT2D eigenvalue weighted by atomic mass is 15.3. The van der Waals surface area contributed by atoms with E-state index in [1.165, 1.54) is 22.0 Å². The van der Waals surface area contributed by atoms with Crippen LogP contribution in [0, 0.1) is 0 Å². The van der Waals surface area contributed by atoms with E-state index in [1.807, 2.05) is 6.20 Å². The Balaban J connectivity index is 1.84. The number of para-hydroxylation sites is 1. The number of benzene rings is 2. The molecule has 21 heavy (non-hydrogen) atoms. The van der Waals surface area contributed by atoms with Gasteiger partial charge in [0, 0.05) is 5.39 Å². The molecule has 0 aliphatic heterocycles. The first-order valence-corrected chi connectivity index (χ1v) is 7.56. The summed E-state index contributed by atoms with van der Waals surface area (Å²) in [6.45, 7) is 5.01. The minimum Gasteiger partial charge on any atom is -0.317 e. The number of likely N-dealkylation sites (N-methyl/N-ethyl adjacent to an activating group) is 1. The van der Waals surface area contributed by atoms with E-state index in [2.05, 4.69) is 70.6 Å². The van der Waals surface area contributed by atoms with Crippen molar-refractivity contribution in [2.24, 2.45) is 0 Å². The lowest BCUT2D eigenvalue weighted by Crippen LogP contribution is -2.17. The van der Waals surface area contributed by atoms with Crippen molar-refractivity contribution in [3.8, 4) is 0 Å². The average Bonchev–Trinajstić information content (AvgIpc) is 2.93. The Morgan fingerprint density at radius 1 is 1.00 bits per heavy atom. The molecule has 3 nitrogen and oxygen atoms in total. The van der Waals surface area contributed by atoms with Gasteiger partial charge in [-0.05, 0) is 36.7 Å². The molecule has 0 bridgehead atoms. The molecule has 3 rings (SSSR count). The van der Waals surface area contributed by atoms with Crippen LogP contribution in [0.25, 0.3) is 10.9 Å². The van der Waals surface area contributed by atoms with Crippen LogP contribution in [0.1, 0.15) is 18.1 Å². The van der Waals surface area contributed by atoms with Gasteiger partial charge in [0.05, 0.1) is 18.3 Å². The van der Waals surface area contributed by atoms with E-state index in [4.69, 9.17) is 0 Å². The number of fused-ring (bicyclic) bond motifs is 1. The van der Waals surface area contributed by atoms with Crippen molar-refractivity contribution >= 4 is 10.9 Å². The van der Waals surface area contributed by atoms with Gasteiger partial charge in [0.1, 0.15) is 0 Å². The lowest BCUT2D eigenvalue weighted by Gasteiger charge is -2.10. The highest BCUT2D eigenvalue weighted by Gasteiger charge is 2.06. The van der Waals surface area contributed by atoms with Crippen molar-refractivity contribution in [3.63, 3.8) is 0 Å². The van der Waals surface area contributed by atoms with Crippen LogP contribution in [0.5, 0.6) is 0 Å². The quantitative estimate of drug-likeness (QED) is 0.702. The summed E-state index contributed by atoms with van der Waals surface area (Å²) in [5.41, 5.74) is 3.95. The Morgan fingerprint density at radius 2 is 1.76 bits per heavy atom. The van der Waals surface area contributed by atoms with Crippen molar-refractivity contribution in [2.75, 3.05) is 13.1 Å². The van der Waals surface area contributed by atoms with Gasteiger partial charge in [-0.25, -0.2) is 0 Å². The zero-order valence-corrected chi connectivity index (χ0v) is 12.4. The predicted molar refractivity (Wildman–Crippen MR) is 87.5 cm³/mol. The van der Waals surface area contributed by atoms with Gasteiger partial charge in [-0.3, -0.25) is 4.68 Å². The molecule has 0 spiro atoms. The zero-order chi connectivity index (χ0) is 14.5. The maximum absolute atomic E-state index is 4.53. The molecule has 3 aromatic rings. The van der Waals surface area contributed by atoms with E-state index in [0.717, 1.165) is 26.1 Å². The van der Waals surface area contributed by atoms with Crippen LogP contribution in [0.3, 0.4) is 0 Å². The van der Waals surface area contributed by atoms with E-state index < -0.39 is 0 Å². The Labute approximate surface area is 125 Å². The second kappa shape index (κ2) is 6.55. The Bertz CT molecular complexity index is 715. The molecule has 1 aromatic heterocycles. The first kappa shape index (κ1) is 13.8. The van der Waals surface area contributed by atoms with Crippen LogP contribution in [0.2, 0.25) is 0 Å². The molecule has 0 radical (unpaired) electrons. The smallest absolute Gasteiger partial charge is 0.0686 e. The molecule has 0 saturated heterocycles. The van der Waals surface area contributed by atoms with Gasteiger partial charge in [-0.2, -0.15) is 5.10 Å². The second-order valence-electron chi connectivity index (χ2n) is 5.23. The van der Waals surface area contributed by atoms with Crippen LogP contribution in [-0.4, -0.2) is 22.9 Å². The molecule has 1 heterocycles. The highest BCUT2D eigenvalue weighted by Crippen LogP contribution is 2.16. The van der Waals surface area contributed by atoms with Crippen molar-refractivity contribution < 1.29 is 0 Å². The van der Waals surface area contributed by atoms with Crippen LogP contribution in [-0.2, 0) is 13.0 Å². The summed E-state index contributed by atoms with van der Waals surface area (Å²) in [6.07, 6.45) is 3.00. The molecule has 0 amide bonds. The third kappa shape index (κ3) is 3.14. The Morgan fingerprint density at radius 3 is 2.62 bits per heavy atom. The van der Waals surface area contributed by atoms with Gasteiger partial charge in [-0.1, -0.05) is 49.4 Å². The first-order chi connectivity index (χ1) is 10.4. The average molecular weight is 279 g/mol. The topological polar surface area (TPSA) is 29.9 Å². The summed E-state index contributed by atoms with van der Waals surface area (Å²) in [7, 11) is 0. The van der Waals surface area contributed by atoms with Crippen LogP contribution in [0.4, 0.5) is 0 Å². The molecule has 0 atom stereocenters. The molecule has 0 unspecified atom stereocenters. The van der Waals surface area contributed by atoms with Gasteiger partial charge < -0.3 is 5.32 Å². The summed E-state index contributed by atoms with van der Waals surface area (Å²) >= 11 is 0. The molecule has 3 heteroatoms. The standard InChI is InChI=1S/C18H21N3/c1-2-19-12-11-15-7-3-4-9-17(15)14-21-18-10-6-5-8-16(18)13-20-21/h3-10,13,19H,2,11-12,14H2,1H3. The number of nitrogens with zero attached hydrogens (tertiary/aromatic N) is 2. The number of hydrogen-bond acceptors (Lipinski definition) is 2. The summed E-state index contributed by atoms with van der Waals surface area (Å²) in [6, 6.07) is 17.0. The van der Waals surface area contributed by atoms with Crippen molar-refractivity contribution in [3.05, 3.63) is 65.9 Å². The van der Waals surface area contributed by atoms with E-state index in [9.17, 15) is 0 Å². The van der Waals surface area contributed by atoms with Gasteiger partial charge in [-0.15, -0.1) is 0 Å². The van der Waals surface area contributed by atoms with Crippen molar-refractivity contribution in [1.29, 1.82) is 0 Å². The summed E-state index contributed by atoms with van der Waals surface area (Å²) in [5, 5.41) is 9.12. The molecule has 0 aliphatic carbocycles. The number of aromatic nitrogens is 2. The van der Waals surface area contributed by atoms with Crippen LogP contribution in [0.15, 0.2) is 54.7 Å². The molecular weight excluding hydrogens is 258 g/mol. The second-order valence-corrected chi connectivity index (χ2v) is 5.23. The maximum Gasteiger partial charge on any atom is 0.0686 e. The number of rotatable bonds is 6. The van der Waals surface area contributed by atoms with E-state index in [-0.39, 0.29) is 0 Å². The molecule has 0 fully saturated rings. The lowest BCUT2D eigenvalue weighted by molar-refractivity contribution is 0.686. The summed E-state index contributed by atoms with van der Waals surface area (Å²) < 4.78 is 2.08. The fourth-order valence-electron chi connectivity index (χ4n) is 2.67. The third-order valence-electron chi connectivity index (χ3n) is 3.81. The molecule has 0 saturated carbocycles. The third-order valence-corrected chi connectivity index (χ3v) is 3.81. The SMILES string of the molecule is CCNCCc1ccccc1Cn1ncc2ccccc21. The fourth-order valence-corrected chi connectivity index (χ4v) is 2.67. The molecule has 1 N–H and O–H groups in total. The fraction of sp³-hybridized carbons (Fsp3) is 0.278. The number of hydrogen-bond donors (Lipinski definition) is 1. The van der Waals surface area contributed by atoms with Crippen LogP contribution < -0.4 is 5.32 Å². The molecular formula is C18H21N3. The Hall–Kier alpha value is -2.13. The minimum absolute atomic E-state index is 0.829. The van der Waals surface area contributed by atoms with Gasteiger partial charge in [0.2, 0.25) is 0 Å². The largest absolute Gasteiger partial charge is 0.317 e. The first-order valence-electron chi connectivity index (χ1n) is 7.56. The molecule has 2 aromatic carbocycles. The van der Waals surface area contributed by atoms with Gasteiger partial charge in [0.25, 0.3) is 0 Å². The minimum atomic E-state index is 0.829. The van der Waals surface area contributed by atoms with E-state index >= 15 is 0 Å². The lowest BCUT2D eigenvalue weighted by atomic mass is 10.0.